The molecule has 1 radical (unpaired) electrons. The Hall–Kier alpha value is -1.09. The van der Waals surface area contributed by atoms with Crippen LogP contribution in [0, 0.1) is 6.07 Å². The van der Waals surface area contributed by atoms with Crippen LogP contribution in [0.1, 0.15) is 0 Å². The van der Waals surface area contributed by atoms with E-state index < -0.39 is 0 Å². The highest BCUT2D eigenvalue weighted by Gasteiger charge is 1.95. The molecule has 4 heteroatoms. The van der Waals surface area contributed by atoms with Crippen LogP contribution in [0.2, 0.25) is 5.02 Å². The minimum atomic E-state index is 0.357. The van der Waals surface area contributed by atoms with E-state index in [-0.39, 0.29) is 0 Å². The van der Waals surface area contributed by atoms with E-state index in [9.17, 15) is 4.79 Å². The Morgan fingerprint density at radius 2 is 2.60 bits per heavy atom. The molecule has 1 aromatic rings. The molecule has 0 bridgehead atoms. The van der Waals surface area contributed by atoms with Crippen molar-refractivity contribution in [2.75, 3.05) is 5.32 Å². The van der Waals surface area contributed by atoms with E-state index in [4.69, 9.17) is 11.6 Å². The van der Waals surface area contributed by atoms with Gasteiger partial charge in [-0.15, -0.1) is 0 Å². The zero-order chi connectivity index (χ0) is 7.40. The lowest BCUT2D eigenvalue weighted by molar-refractivity contribution is -0.105. The lowest BCUT2D eigenvalue weighted by atomic mass is 10.5. The topological polar surface area (TPSA) is 42.0 Å². The molecule has 0 unspecified atom stereocenters. The first-order chi connectivity index (χ1) is 4.84. The number of nitrogens with zero attached hydrogens (tertiary/aromatic N) is 1. The molecule has 0 saturated heterocycles. The second kappa shape index (κ2) is 3.17. The number of halogens is 1. The molecule has 0 aliphatic carbocycles. The summed E-state index contributed by atoms with van der Waals surface area (Å²) >= 11 is 5.59. The van der Waals surface area contributed by atoms with Crippen molar-refractivity contribution < 1.29 is 4.79 Å². The number of carbonyl (C=O) groups excluding carboxylic acids is 1. The molecule has 1 aromatic heterocycles. The first-order valence-electron chi connectivity index (χ1n) is 2.56. The maximum absolute atomic E-state index is 9.91. The van der Waals surface area contributed by atoms with Gasteiger partial charge in [0.2, 0.25) is 6.41 Å². The first-order valence-corrected chi connectivity index (χ1v) is 2.94. The average molecular weight is 156 g/mol. The van der Waals surface area contributed by atoms with Crippen LogP contribution in [-0.4, -0.2) is 11.4 Å². The van der Waals surface area contributed by atoms with Crippen LogP contribution in [0.25, 0.3) is 0 Å². The average Bonchev–Trinajstić information content (AvgIpc) is 1.94. The molecule has 0 aliphatic rings. The van der Waals surface area contributed by atoms with Gasteiger partial charge in [0.05, 0.1) is 5.02 Å². The van der Waals surface area contributed by atoms with E-state index >= 15 is 0 Å². The molecule has 1 heterocycles. The lowest BCUT2D eigenvalue weighted by Gasteiger charge is -1.96. The highest BCUT2D eigenvalue weighted by molar-refractivity contribution is 6.33. The molecule has 1 amide bonds. The number of nitrogens with one attached hydrogen (secondary N) is 1. The Bertz CT molecular complexity index is 239. The van der Waals surface area contributed by atoms with E-state index in [0.29, 0.717) is 17.3 Å². The predicted molar refractivity (Wildman–Crippen MR) is 37.8 cm³/mol. The summed E-state index contributed by atoms with van der Waals surface area (Å²) in [5.41, 5.74) is 0. The SMILES string of the molecule is O=CNc1nc[c]cc1Cl. The van der Waals surface area contributed by atoms with E-state index in [1.807, 2.05) is 0 Å². The molecule has 0 atom stereocenters. The third-order valence-electron chi connectivity index (χ3n) is 0.900. The number of aromatic nitrogens is 1. The molecule has 0 fully saturated rings. The largest absolute Gasteiger partial charge is 0.312 e. The van der Waals surface area contributed by atoms with Crippen molar-refractivity contribution in [1.82, 2.24) is 4.98 Å². The zero-order valence-corrected chi connectivity index (χ0v) is 5.72. The Morgan fingerprint density at radius 1 is 1.80 bits per heavy atom. The van der Waals surface area contributed by atoms with Crippen LogP contribution in [-0.2, 0) is 4.79 Å². The summed E-state index contributed by atoms with van der Waals surface area (Å²) in [6.07, 6.45) is 1.95. The fourth-order valence-corrected chi connectivity index (χ4v) is 0.671. The standard InChI is InChI=1S/C6H4ClN2O/c7-5-2-1-3-8-6(5)9-4-10/h2-4H,(H,8,9,10). The van der Waals surface area contributed by atoms with Crippen LogP contribution < -0.4 is 5.32 Å². The van der Waals surface area contributed by atoms with Crippen molar-refractivity contribution in [3.63, 3.8) is 0 Å². The third kappa shape index (κ3) is 1.45. The van der Waals surface area contributed by atoms with Crippen molar-refractivity contribution in [3.05, 3.63) is 23.4 Å². The first kappa shape index (κ1) is 7.02. The maximum atomic E-state index is 9.91. The molecule has 0 aliphatic heterocycles. The quantitative estimate of drug-likeness (QED) is 0.650. The molecular weight excluding hydrogens is 152 g/mol. The van der Waals surface area contributed by atoms with Crippen LogP contribution in [0.15, 0.2) is 12.3 Å². The molecule has 51 valence electrons. The number of hydrogen-bond acceptors (Lipinski definition) is 2. The third-order valence-corrected chi connectivity index (χ3v) is 1.19. The van der Waals surface area contributed by atoms with E-state index in [1.165, 1.54) is 12.3 Å². The van der Waals surface area contributed by atoms with Gasteiger partial charge in [-0.25, -0.2) is 4.98 Å². The molecule has 0 spiro atoms. The van der Waals surface area contributed by atoms with E-state index in [2.05, 4.69) is 16.4 Å². The summed E-state index contributed by atoms with van der Waals surface area (Å²) < 4.78 is 0. The molecule has 10 heavy (non-hydrogen) atoms. The molecule has 1 N–H and O–H groups in total. The van der Waals surface area contributed by atoms with Crippen molar-refractivity contribution in [3.8, 4) is 0 Å². The lowest BCUT2D eigenvalue weighted by Crippen LogP contribution is -1.96. The van der Waals surface area contributed by atoms with Crippen molar-refractivity contribution in [2.24, 2.45) is 0 Å². The molecule has 3 nitrogen and oxygen atoms in total. The summed E-state index contributed by atoms with van der Waals surface area (Å²) in [6, 6.07) is 4.19. The highest BCUT2D eigenvalue weighted by atomic mass is 35.5. The number of carbonyl (C=O) groups is 1. The van der Waals surface area contributed by atoms with E-state index in [1.54, 1.807) is 0 Å². The number of pyridine rings is 1. The number of rotatable bonds is 2. The summed E-state index contributed by atoms with van der Waals surface area (Å²) in [7, 11) is 0. The summed E-state index contributed by atoms with van der Waals surface area (Å²) in [5, 5.41) is 2.72. The van der Waals surface area contributed by atoms with Gasteiger partial charge in [-0.3, -0.25) is 4.79 Å². The van der Waals surface area contributed by atoms with Crippen molar-refractivity contribution >= 4 is 23.8 Å². The maximum Gasteiger partial charge on any atom is 0.212 e. The summed E-state index contributed by atoms with van der Waals surface area (Å²) in [4.78, 5) is 13.6. The van der Waals surface area contributed by atoms with Gasteiger partial charge in [0.1, 0.15) is 0 Å². The highest BCUT2D eigenvalue weighted by Crippen LogP contribution is 2.15. The smallest absolute Gasteiger partial charge is 0.212 e. The minimum absolute atomic E-state index is 0.357. The molecule has 0 saturated carbocycles. The van der Waals surface area contributed by atoms with Crippen LogP contribution in [0.4, 0.5) is 5.82 Å². The van der Waals surface area contributed by atoms with Crippen molar-refractivity contribution in [2.45, 2.75) is 0 Å². The molecule has 0 aromatic carbocycles. The summed E-state index contributed by atoms with van der Waals surface area (Å²) in [6.45, 7) is 0. The van der Waals surface area contributed by atoms with Crippen LogP contribution in [0.3, 0.4) is 0 Å². The fourth-order valence-electron chi connectivity index (χ4n) is 0.504. The van der Waals surface area contributed by atoms with Gasteiger partial charge in [-0.2, -0.15) is 0 Å². The second-order valence-corrected chi connectivity index (χ2v) is 1.94. The van der Waals surface area contributed by atoms with Gasteiger partial charge in [0, 0.05) is 12.3 Å². The Labute approximate surface area is 63.0 Å². The van der Waals surface area contributed by atoms with Gasteiger partial charge < -0.3 is 5.32 Å². The number of hydrogen-bond donors (Lipinski definition) is 1. The van der Waals surface area contributed by atoms with E-state index in [0.717, 1.165) is 0 Å². The van der Waals surface area contributed by atoms with Gasteiger partial charge in [0.15, 0.2) is 5.82 Å². The monoisotopic (exact) mass is 155 g/mol. The Balaban J connectivity index is 2.91. The fraction of sp³-hybridized carbons (Fsp3) is 0. The van der Waals surface area contributed by atoms with Gasteiger partial charge in [-0.1, -0.05) is 11.6 Å². The van der Waals surface area contributed by atoms with Gasteiger partial charge >= 0.3 is 0 Å². The normalized spacial score (nSPS) is 8.90. The van der Waals surface area contributed by atoms with Gasteiger partial charge in [0.25, 0.3) is 0 Å². The molecule has 1 rings (SSSR count). The summed E-state index contributed by atoms with van der Waals surface area (Å²) in [5.74, 6) is 0.357. The van der Waals surface area contributed by atoms with Crippen molar-refractivity contribution in [1.29, 1.82) is 0 Å². The Kier molecular flexibility index (Phi) is 2.23. The number of anilines is 1. The van der Waals surface area contributed by atoms with Crippen LogP contribution >= 0.6 is 11.6 Å². The van der Waals surface area contributed by atoms with Gasteiger partial charge in [-0.05, 0) is 6.07 Å². The second-order valence-electron chi connectivity index (χ2n) is 1.53. The molecular formula is C6H4ClN2O. The zero-order valence-electron chi connectivity index (χ0n) is 4.97. The Morgan fingerprint density at radius 3 is 3.20 bits per heavy atom. The number of amides is 1. The van der Waals surface area contributed by atoms with Crippen LogP contribution in [0.5, 0.6) is 0 Å². The predicted octanol–water partition coefficient (Wildman–Crippen LogP) is 1.10. The minimum Gasteiger partial charge on any atom is -0.312 e.